The highest BCUT2D eigenvalue weighted by Crippen LogP contribution is 2.19. The summed E-state index contributed by atoms with van der Waals surface area (Å²) in [7, 11) is 0. The van der Waals surface area contributed by atoms with Crippen molar-refractivity contribution < 1.29 is 9.47 Å². The molecule has 0 aliphatic carbocycles. The summed E-state index contributed by atoms with van der Waals surface area (Å²) in [6.07, 6.45) is 1.21. The molecule has 2 saturated heterocycles. The third kappa shape index (κ3) is 2.91. The molecule has 4 nitrogen and oxygen atoms in total. The molecule has 0 radical (unpaired) electrons. The summed E-state index contributed by atoms with van der Waals surface area (Å²) in [6.45, 7) is 9.72. The Balaban J connectivity index is 1.93. The molecule has 88 valence electrons. The van der Waals surface area contributed by atoms with Gasteiger partial charge in [0.2, 0.25) is 0 Å². The van der Waals surface area contributed by atoms with Gasteiger partial charge in [0.25, 0.3) is 0 Å². The second-order valence-electron chi connectivity index (χ2n) is 4.54. The van der Waals surface area contributed by atoms with Crippen molar-refractivity contribution in [2.75, 3.05) is 52.5 Å². The maximum atomic E-state index is 5.93. The fourth-order valence-electron chi connectivity index (χ4n) is 2.39. The number of nitrogens with one attached hydrogen (secondary N) is 1. The highest BCUT2D eigenvalue weighted by molar-refractivity contribution is 4.91. The van der Waals surface area contributed by atoms with E-state index in [9.17, 15) is 0 Å². The molecule has 1 spiro atoms. The van der Waals surface area contributed by atoms with Crippen molar-refractivity contribution in [2.24, 2.45) is 0 Å². The summed E-state index contributed by atoms with van der Waals surface area (Å²) in [4.78, 5) is 2.49. The molecule has 0 aromatic carbocycles. The molecule has 2 aliphatic heterocycles. The first-order chi connectivity index (χ1) is 7.35. The Kier molecular flexibility index (Phi) is 3.97. The third-order valence-electron chi connectivity index (χ3n) is 3.10. The van der Waals surface area contributed by atoms with Gasteiger partial charge in [-0.25, -0.2) is 0 Å². The molecule has 1 atom stereocenters. The Morgan fingerprint density at radius 1 is 1.40 bits per heavy atom. The van der Waals surface area contributed by atoms with Crippen LogP contribution in [0.15, 0.2) is 0 Å². The van der Waals surface area contributed by atoms with Crippen LogP contribution in [0.25, 0.3) is 0 Å². The zero-order valence-corrected chi connectivity index (χ0v) is 9.63. The third-order valence-corrected chi connectivity index (χ3v) is 3.10. The number of ether oxygens (including phenoxy) is 2. The quantitative estimate of drug-likeness (QED) is 0.706. The Bertz CT molecular complexity index is 189. The van der Waals surface area contributed by atoms with E-state index in [1.54, 1.807) is 0 Å². The fraction of sp³-hybridized carbons (Fsp3) is 1.00. The van der Waals surface area contributed by atoms with Gasteiger partial charge in [0.15, 0.2) is 0 Å². The zero-order chi connectivity index (χ0) is 10.6. The Morgan fingerprint density at radius 3 is 3.20 bits per heavy atom. The summed E-state index contributed by atoms with van der Waals surface area (Å²) in [5.74, 6) is 0. The number of hydrogen-bond acceptors (Lipinski definition) is 4. The van der Waals surface area contributed by atoms with Crippen LogP contribution in [0.2, 0.25) is 0 Å². The van der Waals surface area contributed by atoms with Crippen molar-refractivity contribution in [3.63, 3.8) is 0 Å². The minimum atomic E-state index is -0.0933. The molecule has 2 rings (SSSR count). The van der Waals surface area contributed by atoms with Gasteiger partial charge in [-0.3, -0.25) is 4.90 Å². The standard InChI is InChI=1S/C11H22N2O2/c1-2-4-13-5-7-15-11(9-13)8-12-3-6-14-10-11/h12H,2-10H2,1H3. The molecular weight excluding hydrogens is 192 g/mol. The van der Waals surface area contributed by atoms with Crippen LogP contribution in [-0.2, 0) is 9.47 Å². The lowest BCUT2D eigenvalue weighted by molar-refractivity contribution is -0.133. The van der Waals surface area contributed by atoms with Crippen LogP contribution in [-0.4, -0.2) is 63.0 Å². The number of morpholine rings is 1. The molecule has 15 heavy (non-hydrogen) atoms. The van der Waals surface area contributed by atoms with E-state index in [0.717, 1.165) is 46.0 Å². The number of nitrogens with zero attached hydrogens (tertiary/aromatic N) is 1. The first-order valence-electron chi connectivity index (χ1n) is 5.99. The lowest BCUT2D eigenvalue weighted by Crippen LogP contribution is -2.58. The highest BCUT2D eigenvalue weighted by atomic mass is 16.5. The Labute approximate surface area is 91.9 Å². The molecule has 2 fully saturated rings. The minimum Gasteiger partial charge on any atom is -0.377 e. The van der Waals surface area contributed by atoms with Gasteiger partial charge in [0.1, 0.15) is 5.60 Å². The Hall–Kier alpha value is -0.160. The Morgan fingerprint density at radius 2 is 2.33 bits per heavy atom. The van der Waals surface area contributed by atoms with Gasteiger partial charge in [-0.05, 0) is 13.0 Å². The molecule has 0 amide bonds. The smallest absolute Gasteiger partial charge is 0.116 e. The summed E-state index contributed by atoms with van der Waals surface area (Å²) < 4.78 is 11.5. The van der Waals surface area contributed by atoms with Crippen molar-refractivity contribution in [3.05, 3.63) is 0 Å². The lowest BCUT2D eigenvalue weighted by Gasteiger charge is -2.41. The number of rotatable bonds is 2. The van der Waals surface area contributed by atoms with Crippen LogP contribution in [0.1, 0.15) is 13.3 Å². The van der Waals surface area contributed by atoms with Gasteiger partial charge >= 0.3 is 0 Å². The van der Waals surface area contributed by atoms with Crippen LogP contribution in [0.4, 0.5) is 0 Å². The molecule has 2 heterocycles. The number of hydrogen-bond donors (Lipinski definition) is 1. The van der Waals surface area contributed by atoms with Crippen molar-refractivity contribution >= 4 is 0 Å². The second-order valence-corrected chi connectivity index (χ2v) is 4.54. The van der Waals surface area contributed by atoms with E-state index in [-0.39, 0.29) is 5.60 Å². The van der Waals surface area contributed by atoms with Crippen molar-refractivity contribution in [1.82, 2.24) is 10.2 Å². The predicted octanol–water partition coefficient (Wildman–Crippen LogP) is 0.0872. The van der Waals surface area contributed by atoms with Gasteiger partial charge in [0.05, 0.1) is 19.8 Å². The van der Waals surface area contributed by atoms with Crippen LogP contribution in [0, 0.1) is 0 Å². The van der Waals surface area contributed by atoms with Gasteiger partial charge in [-0.15, -0.1) is 0 Å². The topological polar surface area (TPSA) is 33.7 Å². The molecule has 0 bridgehead atoms. The largest absolute Gasteiger partial charge is 0.377 e. The van der Waals surface area contributed by atoms with Crippen molar-refractivity contribution in [1.29, 1.82) is 0 Å². The minimum absolute atomic E-state index is 0.0933. The lowest BCUT2D eigenvalue weighted by atomic mass is 10.0. The first kappa shape index (κ1) is 11.3. The monoisotopic (exact) mass is 214 g/mol. The molecule has 1 N–H and O–H groups in total. The van der Waals surface area contributed by atoms with Crippen molar-refractivity contribution in [2.45, 2.75) is 18.9 Å². The molecule has 2 aliphatic rings. The van der Waals surface area contributed by atoms with Gasteiger partial charge in [-0.1, -0.05) is 6.92 Å². The van der Waals surface area contributed by atoms with E-state index in [2.05, 4.69) is 17.1 Å². The summed E-state index contributed by atoms with van der Waals surface area (Å²) in [6, 6.07) is 0. The van der Waals surface area contributed by atoms with E-state index in [1.165, 1.54) is 13.0 Å². The van der Waals surface area contributed by atoms with Gasteiger partial charge in [-0.2, -0.15) is 0 Å². The zero-order valence-electron chi connectivity index (χ0n) is 9.63. The first-order valence-corrected chi connectivity index (χ1v) is 5.99. The average molecular weight is 214 g/mol. The highest BCUT2D eigenvalue weighted by Gasteiger charge is 2.37. The second kappa shape index (κ2) is 5.25. The van der Waals surface area contributed by atoms with E-state index >= 15 is 0 Å². The summed E-state index contributed by atoms with van der Waals surface area (Å²) in [5, 5.41) is 3.39. The summed E-state index contributed by atoms with van der Waals surface area (Å²) >= 11 is 0. The van der Waals surface area contributed by atoms with Gasteiger partial charge in [0, 0.05) is 26.2 Å². The van der Waals surface area contributed by atoms with E-state index in [1.807, 2.05) is 0 Å². The molecule has 0 aromatic rings. The molecule has 1 unspecified atom stereocenters. The SMILES string of the molecule is CCCN1CCOC2(CNCCOC2)C1. The van der Waals surface area contributed by atoms with Crippen LogP contribution < -0.4 is 5.32 Å². The molecule has 0 aromatic heterocycles. The fourth-order valence-corrected chi connectivity index (χ4v) is 2.39. The average Bonchev–Trinajstić information content (AvgIpc) is 2.45. The summed E-state index contributed by atoms with van der Waals surface area (Å²) in [5.41, 5.74) is -0.0933. The maximum absolute atomic E-state index is 5.93. The predicted molar refractivity (Wildman–Crippen MR) is 59.1 cm³/mol. The van der Waals surface area contributed by atoms with Crippen molar-refractivity contribution in [3.8, 4) is 0 Å². The van der Waals surface area contributed by atoms with E-state index in [0.29, 0.717) is 0 Å². The van der Waals surface area contributed by atoms with E-state index in [4.69, 9.17) is 9.47 Å². The molecule has 0 saturated carbocycles. The van der Waals surface area contributed by atoms with Crippen LogP contribution in [0.3, 0.4) is 0 Å². The molecular formula is C11H22N2O2. The van der Waals surface area contributed by atoms with E-state index < -0.39 is 0 Å². The van der Waals surface area contributed by atoms with Crippen LogP contribution in [0.5, 0.6) is 0 Å². The van der Waals surface area contributed by atoms with Gasteiger partial charge < -0.3 is 14.8 Å². The van der Waals surface area contributed by atoms with Crippen LogP contribution >= 0.6 is 0 Å². The normalized spacial score (nSPS) is 34.2. The maximum Gasteiger partial charge on any atom is 0.116 e. The molecule has 4 heteroatoms.